The fraction of sp³-hybridized carbons (Fsp3) is 0. The molecule has 4 heteroatoms. The first-order valence-electron chi connectivity index (χ1n) is 7.07. The van der Waals surface area contributed by atoms with Crippen LogP contribution in [0.15, 0.2) is 84.9 Å². The summed E-state index contributed by atoms with van der Waals surface area (Å²) in [4.78, 5) is 0. The normalized spacial score (nSPS) is 10.4. The van der Waals surface area contributed by atoms with Gasteiger partial charge in [-0.1, -0.05) is 0 Å². The second-order valence-electron chi connectivity index (χ2n) is 4.82. The van der Waals surface area contributed by atoms with Gasteiger partial charge in [-0.3, -0.25) is 0 Å². The lowest BCUT2D eigenvalue weighted by Gasteiger charge is -1.92. The first kappa shape index (κ1) is 13.3. The minimum absolute atomic E-state index is 0.675. The number of hydrogen-bond donors (Lipinski definition) is 0. The van der Waals surface area contributed by atoms with Crippen molar-refractivity contribution in [1.29, 1.82) is 0 Å². The van der Waals surface area contributed by atoms with E-state index in [1.807, 2.05) is 48.6 Å². The molecule has 0 atom stereocenters. The summed E-state index contributed by atoms with van der Waals surface area (Å²) in [5.74, 6) is 2.72. The molecule has 4 nitrogen and oxygen atoms in total. The third-order valence-electron chi connectivity index (χ3n) is 3.36. The summed E-state index contributed by atoms with van der Waals surface area (Å²) in [7, 11) is 0. The average Bonchev–Trinajstić information content (AvgIpc) is 3.34. The van der Waals surface area contributed by atoms with Crippen LogP contribution in [-0.2, 0) is 0 Å². The van der Waals surface area contributed by atoms with Crippen LogP contribution in [0, 0.1) is 0 Å². The lowest BCUT2D eigenvalue weighted by atomic mass is 10.2. The molecule has 0 N–H and O–H groups in total. The van der Waals surface area contributed by atoms with E-state index in [-0.39, 0.29) is 0 Å². The summed E-state index contributed by atoms with van der Waals surface area (Å²) in [5.41, 5.74) is 4.92. The van der Waals surface area contributed by atoms with E-state index < -0.39 is 0 Å². The first-order valence-corrected chi connectivity index (χ1v) is 7.07. The predicted molar refractivity (Wildman–Crippen MR) is 85.3 cm³/mol. The summed E-state index contributed by atoms with van der Waals surface area (Å²) >= 11 is 0. The molecule has 4 heterocycles. The van der Waals surface area contributed by atoms with Crippen LogP contribution in [0.4, 0.5) is 0 Å². The van der Waals surface area contributed by atoms with Crippen molar-refractivity contribution in [1.82, 2.24) is 0 Å². The Balaban J connectivity index is 1.65. The molecule has 4 aromatic heterocycles. The maximum Gasteiger partial charge on any atom is 0.176 e. The van der Waals surface area contributed by atoms with Gasteiger partial charge in [0.15, 0.2) is 23.0 Å². The third kappa shape index (κ3) is 2.59. The Hall–Kier alpha value is -3.36. The van der Waals surface area contributed by atoms with Gasteiger partial charge in [0.2, 0.25) is 0 Å². The van der Waals surface area contributed by atoms with Crippen molar-refractivity contribution < 1.29 is 17.7 Å². The van der Waals surface area contributed by atoms with E-state index in [4.69, 9.17) is 17.7 Å². The molecule has 0 fully saturated rings. The SMILES string of the molecule is C(=Cc1ccoc1-c1ccco1)=Cc1ccoc1-c1ccco1. The summed E-state index contributed by atoms with van der Waals surface area (Å²) in [6.07, 6.45) is 10.1. The highest BCUT2D eigenvalue weighted by atomic mass is 16.4. The van der Waals surface area contributed by atoms with Crippen molar-refractivity contribution in [2.24, 2.45) is 0 Å². The second-order valence-corrected chi connectivity index (χ2v) is 4.82. The molecule has 112 valence electrons. The molecular weight excluding hydrogens is 292 g/mol. The molecule has 0 radical (unpaired) electrons. The van der Waals surface area contributed by atoms with Crippen LogP contribution in [0.1, 0.15) is 11.1 Å². The highest BCUT2D eigenvalue weighted by Crippen LogP contribution is 2.27. The predicted octanol–water partition coefficient (Wildman–Crippen LogP) is 5.72. The van der Waals surface area contributed by atoms with Crippen molar-refractivity contribution in [3.05, 3.63) is 78.3 Å². The molecule has 0 aliphatic rings. The minimum atomic E-state index is 0.675. The molecule has 0 aliphatic carbocycles. The highest BCUT2D eigenvalue weighted by molar-refractivity contribution is 5.71. The Kier molecular flexibility index (Phi) is 3.35. The summed E-state index contributed by atoms with van der Waals surface area (Å²) in [5, 5.41) is 0. The van der Waals surface area contributed by atoms with Crippen LogP contribution in [0.3, 0.4) is 0 Å². The van der Waals surface area contributed by atoms with Gasteiger partial charge in [0.25, 0.3) is 0 Å². The molecule has 0 saturated carbocycles. The van der Waals surface area contributed by atoms with Crippen molar-refractivity contribution in [2.45, 2.75) is 0 Å². The quantitative estimate of drug-likeness (QED) is 0.452. The number of rotatable bonds is 4. The lowest BCUT2D eigenvalue weighted by molar-refractivity contribution is 0.524. The van der Waals surface area contributed by atoms with Gasteiger partial charge in [0.1, 0.15) is 0 Å². The largest absolute Gasteiger partial charge is 0.461 e. The van der Waals surface area contributed by atoms with Gasteiger partial charge in [-0.05, 0) is 48.6 Å². The van der Waals surface area contributed by atoms with Crippen LogP contribution in [0.5, 0.6) is 0 Å². The smallest absolute Gasteiger partial charge is 0.176 e. The molecule has 4 rings (SSSR count). The van der Waals surface area contributed by atoms with Crippen LogP contribution < -0.4 is 0 Å². The van der Waals surface area contributed by atoms with Gasteiger partial charge in [-0.2, -0.15) is 0 Å². The highest BCUT2D eigenvalue weighted by Gasteiger charge is 2.10. The van der Waals surface area contributed by atoms with Crippen LogP contribution in [-0.4, -0.2) is 0 Å². The van der Waals surface area contributed by atoms with Crippen molar-refractivity contribution in [3.63, 3.8) is 0 Å². The van der Waals surface area contributed by atoms with Crippen molar-refractivity contribution in [2.75, 3.05) is 0 Å². The summed E-state index contributed by atoms with van der Waals surface area (Å²) in [6.45, 7) is 0. The lowest BCUT2D eigenvalue weighted by Crippen LogP contribution is -1.73. The summed E-state index contributed by atoms with van der Waals surface area (Å²) < 4.78 is 21.7. The Morgan fingerprint density at radius 2 is 1.13 bits per heavy atom. The standard InChI is InChI=1S/C19H12O4/c1(4-14-8-12-22-18(14)16-6-2-10-20-16)5-15-9-13-23-19(15)17-7-3-11-21-17/h2-13H. The zero-order valence-corrected chi connectivity index (χ0v) is 12.1. The molecule has 0 amide bonds. The van der Waals surface area contributed by atoms with E-state index in [1.165, 1.54) is 0 Å². The fourth-order valence-electron chi connectivity index (χ4n) is 2.30. The molecule has 0 aliphatic heterocycles. The van der Waals surface area contributed by atoms with E-state index >= 15 is 0 Å². The van der Waals surface area contributed by atoms with Gasteiger partial charge >= 0.3 is 0 Å². The Morgan fingerprint density at radius 3 is 1.57 bits per heavy atom. The van der Waals surface area contributed by atoms with Crippen molar-refractivity contribution in [3.8, 4) is 23.0 Å². The molecule has 0 saturated heterocycles. The topological polar surface area (TPSA) is 52.6 Å². The molecule has 0 bridgehead atoms. The molecular formula is C19H12O4. The fourth-order valence-corrected chi connectivity index (χ4v) is 2.30. The number of hydrogen-bond acceptors (Lipinski definition) is 4. The molecule has 23 heavy (non-hydrogen) atoms. The van der Waals surface area contributed by atoms with E-state index in [1.54, 1.807) is 25.1 Å². The van der Waals surface area contributed by atoms with E-state index in [9.17, 15) is 0 Å². The van der Waals surface area contributed by atoms with Gasteiger partial charge in [0.05, 0.1) is 25.1 Å². The van der Waals surface area contributed by atoms with Crippen LogP contribution >= 0.6 is 0 Å². The second kappa shape index (κ2) is 5.79. The van der Waals surface area contributed by atoms with Gasteiger partial charge in [0, 0.05) is 11.1 Å². The average molecular weight is 304 g/mol. The Bertz CT molecular complexity index is 867. The minimum Gasteiger partial charge on any atom is -0.461 e. The molecule has 0 spiro atoms. The van der Waals surface area contributed by atoms with Gasteiger partial charge in [-0.15, -0.1) is 5.73 Å². The maximum atomic E-state index is 5.47. The Morgan fingerprint density at radius 1 is 0.609 bits per heavy atom. The monoisotopic (exact) mass is 304 g/mol. The molecule has 0 aromatic carbocycles. The third-order valence-corrected chi connectivity index (χ3v) is 3.36. The van der Waals surface area contributed by atoms with Crippen LogP contribution in [0.25, 0.3) is 35.2 Å². The first-order chi connectivity index (χ1) is 11.4. The van der Waals surface area contributed by atoms with E-state index in [0.717, 1.165) is 11.1 Å². The van der Waals surface area contributed by atoms with E-state index in [2.05, 4.69) is 5.73 Å². The van der Waals surface area contributed by atoms with Gasteiger partial charge < -0.3 is 17.7 Å². The number of furan rings is 4. The Labute approximate surface area is 131 Å². The molecule has 0 unspecified atom stereocenters. The van der Waals surface area contributed by atoms with Gasteiger partial charge in [-0.25, -0.2) is 0 Å². The van der Waals surface area contributed by atoms with Crippen LogP contribution in [0.2, 0.25) is 0 Å². The molecule has 4 aromatic rings. The zero-order chi connectivity index (χ0) is 15.5. The van der Waals surface area contributed by atoms with Crippen molar-refractivity contribution >= 4 is 12.2 Å². The zero-order valence-electron chi connectivity index (χ0n) is 12.1. The summed E-state index contributed by atoms with van der Waals surface area (Å²) in [6, 6.07) is 11.1. The maximum absolute atomic E-state index is 5.47. The van der Waals surface area contributed by atoms with E-state index in [0.29, 0.717) is 23.0 Å².